The molecule has 3 N–H and O–H groups in total. The molecule has 0 spiro atoms. The van der Waals surface area contributed by atoms with Gasteiger partial charge in [0.15, 0.2) is 0 Å². The Kier molecular flexibility index (Phi) is 4.44. The Morgan fingerprint density at radius 2 is 2.10 bits per heavy atom. The smallest absolute Gasteiger partial charge is 0.227 e. The number of ether oxygens (including phenoxy) is 1. The van der Waals surface area contributed by atoms with Crippen LogP contribution in [0.1, 0.15) is 31.2 Å². The maximum absolute atomic E-state index is 12.5. The highest BCUT2D eigenvalue weighted by molar-refractivity contribution is 5.80. The molecule has 4 nitrogen and oxygen atoms in total. The molecule has 1 aromatic carbocycles. The van der Waals surface area contributed by atoms with E-state index in [1.54, 1.807) is 0 Å². The lowest BCUT2D eigenvalue weighted by Crippen LogP contribution is -2.48. The molecule has 0 saturated heterocycles. The van der Waals surface area contributed by atoms with E-state index in [1.807, 2.05) is 24.3 Å². The van der Waals surface area contributed by atoms with Crippen molar-refractivity contribution in [3.63, 3.8) is 0 Å². The number of hydrogen-bond acceptors (Lipinski definition) is 3. The Labute approximate surface area is 126 Å². The van der Waals surface area contributed by atoms with E-state index >= 15 is 0 Å². The maximum atomic E-state index is 12.5. The summed E-state index contributed by atoms with van der Waals surface area (Å²) in [6, 6.07) is 8.07. The van der Waals surface area contributed by atoms with Gasteiger partial charge in [0.05, 0.1) is 5.92 Å². The SMILES string of the molecule is NCC(NC(=O)C1COc2ccccc2C1)C1CCCC1. The van der Waals surface area contributed by atoms with E-state index in [9.17, 15) is 4.79 Å². The zero-order chi connectivity index (χ0) is 14.7. The van der Waals surface area contributed by atoms with Crippen LogP contribution >= 0.6 is 0 Å². The van der Waals surface area contributed by atoms with Crippen LogP contribution in [0.25, 0.3) is 0 Å². The van der Waals surface area contributed by atoms with Crippen molar-refractivity contribution in [3.05, 3.63) is 29.8 Å². The molecule has 0 bridgehead atoms. The summed E-state index contributed by atoms with van der Waals surface area (Å²) in [5, 5.41) is 3.17. The number of fused-ring (bicyclic) bond motifs is 1. The van der Waals surface area contributed by atoms with Crippen LogP contribution < -0.4 is 15.8 Å². The van der Waals surface area contributed by atoms with Crippen LogP contribution in [0.4, 0.5) is 0 Å². The fourth-order valence-electron chi connectivity index (χ4n) is 3.53. The summed E-state index contributed by atoms with van der Waals surface area (Å²) in [7, 11) is 0. The lowest BCUT2D eigenvalue weighted by Gasteiger charge is -2.28. The number of hydrogen-bond donors (Lipinski definition) is 2. The normalized spacial score (nSPS) is 23.2. The molecule has 0 radical (unpaired) electrons. The van der Waals surface area contributed by atoms with Crippen molar-refractivity contribution in [3.8, 4) is 5.75 Å². The predicted molar refractivity (Wildman–Crippen MR) is 82.1 cm³/mol. The first-order chi connectivity index (χ1) is 10.3. The second kappa shape index (κ2) is 6.48. The molecule has 1 aliphatic heterocycles. The molecule has 2 aliphatic rings. The van der Waals surface area contributed by atoms with Crippen LogP contribution in [0.15, 0.2) is 24.3 Å². The van der Waals surface area contributed by atoms with Gasteiger partial charge in [-0.05, 0) is 36.8 Å². The second-order valence-electron chi connectivity index (χ2n) is 6.22. The van der Waals surface area contributed by atoms with Gasteiger partial charge < -0.3 is 15.8 Å². The molecule has 1 heterocycles. The zero-order valence-corrected chi connectivity index (χ0v) is 12.4. The zero-order valence-electron chi connectivity index (χ0n) is 12.4. The molecule has 114 valence electrons. The number of carbonyl (C=O) groups is 1. The second-order valence-corrected chi connectivity index (χ2v) is 6.22. The number of benzene rings is 1. The first kappa shape index (κ1) is 14.4. The van der Waals surface area contributed by atoms with Gasteiger partial charge in [-0.15, -0.1) is 0 Å². The Hall–Kier alpha value is -1.55. The van der Waals surface area contributed by atoms with E-state index in [4.69, 9.17) is 10.5 Å². The monoisotopic (exact) mass is 288 g/mol. The molecule has 1 amide bonds. The number of nitrogens with two attached hydrogens (primary N) is 1. The topological polar surface area (TPSA) is 64.3 Å². The molecule has 2 unspecified atom stereocenters. The van der Waals surface area contributed by atoms with Gasteiger partial charge in [-0.25, -0.2) is 0 Å². The van der Waals surface area contributed by atoms with Gasteiger partial charge in [-0.3, -0.25) is 4.79 Å². The summed E-state index contributed by atoms with van der Waals surface area (Å²) >= 11 is 0. The van der Waals surface area contributed by atoms with E-state index in [0.717, 1.165) is 17.7 Å². The predicted octanol–water partition coefficient (Wildman–Crippen LogP) is 1.87. The van der Waals surface area contributed by atoms with Crippen molar-refractivity contribution in [2.24, 2.45) is 17.6 Å². The first-order valence-electron chi connectivity index (χ1n) is 7.99. The van der Waals surface area contributed by atoms with Gasteiger partial charge in [-0.2, -0.15) is 0 Å². The lowest BCUT2D eigenvalue weighted by molar-refractivity contribution is -0.127. The van der Waals surface area contributed by atoms with Gasteiger partial charge >= 0.3 is 0 Å². The van der Waals surface area contributed by atoms with Gasteiger partial charge in [0.25, 0.3) is 0 Å². The highest BCUT2D eigenvalue weighted by Gasteiger charge is 2.30. The van der Waals surface area contributed by atoms with Gasteiger partial charge in [0, 0.05) is 12.6 Å². The molecular formula is C17H24N2O2. The molecule has 2 atom stereocenters. The van der Waals surface area contributed by atoms with Gasteiger partial charge in [0.2, 0.25) is 5.91 Å². The van der Waals surface area contributed by atoms with Crippen molar-refractivity contribution in [1.29, 1.82) is 0 Å². The van der Waals surface area contributed by atoms with E-state index in [2.05, 4.69) is 5.32 Å². The molecule has 1 fully saturated rings. The van der Waals surface area contributed by atoms with Gasteiger partial charge in [0.1, 0.15) is 12.4 Å². The quantitative estimate of drug-likeness (QED) is 0.889. The summed E-state index contributed by atoms with van der Waals surface area (Å²) in [6.07, 6.45) is 5.65. The average Bonchev–Trinajstić information content (AvgIpc) is 3.06. The number of nitrogens with one attached hydrogen (secondary N) is 1. The Morgan fingerprint density at radius 1 is 1.33 bits per heavy atom. The third kappa shape index (κ3) is 3.21. The molecule has 3 rings (SSSR count). The number of para-hydroxylation sites is 1. The highest BCUT2D eigenvalue weighted by atomic mass is 16.5. The molecule has 0 aromatic heterocycles. The first-order valence-corrected chi connectivity index (χ1v) is 7.99. The van der Waals surface area contributed by atoms with Crippen LogP contribution in [0, 0.1) is 11.8 Å². The average molecular weight is 288 g/mol. The van der Waals surface area contributed by atoms with E-state index in [0.29, 0.717) is 19.1 Å². The van der Waals surface area contributed by atoms with Crippen LogP contribution in [-0.4, -0.2) is 25.1 Å². The van der Waals surface area contributed by atoms with Crippen LogP contribution in [-0.2, 0) is 11.2 Å². The Bertz CT molecular complexity index is 497. The third-order valence-electron chi connectivity index (χ3n) is 4.80. The molecule has 1 aliphatic carbocycles. The van der Waals surface area contributed by atoms with E-state index in [-0.39, 0.29) is 17.9 Å². The largest absolute Gasteiger partial charge is 0.492 e. The molecule has 21 heavy (non-hydrogen) atoms. The minimum Gasteiger partial charge on any atom is -0.492 e. The van der Waals surface area contributed by atoms with E-state index < -0.39 is 0 Å². The molecular weight excluding hydrogens is 264 g/mol. The summed E-state index contributed by atoms with van der Waals surface area (Å²) < 4.78 is 5.71. The summed E-state index contributed by atoms with van der Waals surface area (Å²) in [4.78, 5) is 12.5. The van der Waals surface area contributed by atoms with Crippen molar-refractivity contribution in [2.75, 3.05) is 13.2 Å². The summed E-state index contributed by atoms with van der Waals surface area (Å²) in [6.45, 7) is 0.991. The standard InChI is InChI=1S/C17H24N2O2/c18-10-15(12-5-1-2-6-12)19-17(20)14-9-13-7-3-4-8-16(13)21-11-14/h3-4,7-8,12,14-15H,1-2,5-6,9-11,18H2,(H,19,20). The number of amides is 1. The Morgan fingerprint density at radius 3 is 2.86 bits per heavy atom. The minimum atomic E-state index is -0.102. The maximum Gasteiger partial charge on any atom is 0.227 e. The summed E-state index contributed by atoms with van der Waals surface area (Å²) in [5.74, 6) is 1.45. The van der Waals surface area contributed by atoms with E-state index in [1.165, 1.54) is 25.7 Å². The molecule has 1 saturated carbocycles. The van der Waals surface area contributed by atoms with Crippen molar-refractivity contribution in [1.82, 2.24) is 5.32 Å². The highest BCUT2D eigenvalue weighted by Crippen LogP contribution is 2.29. The van der Waals surface area contributed by atoms with Crippen LogP contribution in [0.5, 0.6) is 5.75 Å². The third-order valence-corrected chi connectivity index (χ3v) is 4.80. The minimum absolute atomic E-state index is 0.0897. The van der Waals surface area contributed by atoms with Gasteiger partial charge in [-0.1, -0.05) is 31.0 Å². The molecule has 4 heteroatoms. The lowest BCUT2D eigenvalue weighted by atomic mass is 9.93. The Balaban J connectivity index is 1.60. The molecule has 1 aromatic rings. The van der Waals surface area contributed by atoms with Crippen LogP contribution in [0.2, 0.25) is 0 Å². The van der Waals surface area contributed by atoms with Crippen molar-refractivity contribution in [2.45, 2.75) is 38.1 Å². The van der Waals surface area contributed by atoms with Crippen LogP contribution in [0.3, 0.4) is 0 Å². The number of rotatable bonds is 4. The number of carbonyl (C=O) groups excluding carboxylic acids is 1. The fourth-order valence-corrected chi connectivity index (χ4v) is 3.53. The fraction of sp³-hybridized carbons (Fsp3) is 0.588. The summed E-state index contributed by atoms with van der Waals surface area (Å²) in [5.41, 5.74) is 6.98. The van der Waals surface area contributed by atoms with Crippen molar-refractivity contribution >= 4 is 5.91 Å². The van der Waals surface area contributed by atoms with Crippen molar-refractivity contribution < 1.29 is 9.53 Å².